The Kier molecular flexibility index (Phi) is 6.15. The third kappa shape index (κ3) is 5.15. The highest BCUT2D eigenvalue weighted by Gasteiger charge is 2.00. The highest BCUT2D eigenvalue weighted by Crippen LogP contribution is 2.12. The molecule has 0 heterocycles. The van der Waals surface area contributed by atoms with Crippen molar-refractivity contribution in [1.82, 2.24) is 0 Å². The van der Waals surface area contributed by atoms with Crippen LogP contribution in [0.1, 0.15) is 19.4 Å². The van der Waals surface area contributed by atoms with Crippen LogP contribution in [0.25, 0.3) is 0 Å². The second-order valence-electron chi connectivity index (χ2n) is 4.37. The van der Waals surface area contributed by atoms with E-state index in [9.17, 15) is 4.79 Å². The molecule has 18 heavy (non-hydrogen) atoms. The van der Waals surface area contributed by atoms with E-state index in [1.807, 2.05) is 37.3 Å². The van der Waals surface area contributed by atoms with Crippen LogP contribution in [0.2, 0.25) is 0 Å². The lowest BCUT2D eigenvalue weighted by molar-refractivity contribution is -0.104. The van der Waals surface area contributed by atoms with Gasteiger partial charge < -0.3 is 9.47 Å². The minimum Gasteiger partial charge on any atom is -0.497 e. The molecule has 3 nitrogen and oxygen atoms in total. The number of ether oxygens (including phenoxy) is 2. The third-order valence-corrected chi connectivity index (χ3v) is 2.54. The SMILES string of the molecule is COc1ccc(COC[C@@H](C)/C=C(\C)C=O)cc1. The Labute approximate surface area is 108 Å². The summed E-state index contributed by atoms with van der Waals surface area (Å²) in [5.41, 5.74) is 1.86. The standard InChI is InChI=1S/C15H20O3/c1-12(9-16)8-13(2)10-18-11-14-4-6-15(17-3)7-5-14/h4-9,13H,10-11H2,1-3H3/b12-8+/t13-/m0/s1. The van der Waals surface area contributed by atoms with Crippen molar-refractivity contribution in [3.63, 3.8) is 0 Å². The van der Waals surface area contributed by atoms with Gasteiger partial charge >= 0.3 is 0 Å². The quantitative estimate of drug-likeness (QED) is 0.549. The molecule has 0 bridgehead atoms. The Morgan fingerprint density at radius 3 is 2.56 bits per heavy atom. The topological polar surface area (TPSA) is 35.5 Å². The van der Waals surface area contributed by atoms with E-state index < -0.39 is 0 Å². The van der Waals surface area contributed by atoms with Crippen LogP contribution < -0.4 is 4.74 Å². The van der Waals surface area contributed by atoms with E-state index in [0.717, 1.165) is 23.2 Å². The Hall–Kier alpha value is -1.61. The summed E-state index contributed by atoms with van der Waals surface area (Å²) in [6.45, 7) is 5.01. The average Bonchev–Trinajstić information content (AvgIpc) is 2.39. The second kappa shape index (κ2) is 7.67. The Bertz CT molecular complexity index is 393. The summed E-state index contributed by atoms with van der Waals surface area (Å²) in [4.78, 5) is 10.5. The number of benzene rings is 1. The molecule has 0 fully saturated rings. The second-order valence-corrected chi connectivity index (χ2v) is 4.37. The molecular formula is C15H20O3. The lowest BCUT2D eigenvalue weighted by Gasteiger charge is -2.09. The maximum atomic E-state index is 10.5. The maximum Gasteiger partial charge on any atom is 0.145 e. The molecule has 1 aromatic carbocycles. The molecule has 0 saturated heterocycles. The van der Waals surface area contributed by atoms with E-state index in [2.05, 4.69) is 0 Å². The van der Waals surface area contributed by atoms with Crippen LogP contribution in [0, 0.1) is 5.92 Å². The van der Waals surface area contributed by atoms with Gasteiger partial charge in [0.15, 0.2) is 0 Å². The highest BCUT2D eigenvalue weighted by atomic mass is 16.5. The van der Waals surface area contributed by atoms with Gasteiger partial charge in [-0.05, 0) is 36.1 Å². The van der Waals surface area contributed by atoms with Crippen LogP contribution in [0.15, 0.2) is 35.9 Å². The van der Waals surface area contributed by atoms with Crippen LogP contribution in [-0.4, -0.2) is 20.0 Å². The van der Waals surface area contributed by atoms with Crippen molar-refractivity contribution in [3.05, 3.63) is 41.5 Å². The van der Waals surface area contributed by atoms with Gasteiger partial charge in [-0.15, -0.1) is 0 Å². The van der Waals surface area contributed by atoms with E-state index in [0.29, 0.717) is 13.2 Å². The Morgan fingerprint density at radius 2 is 2.00 bits per heavy atom. The molecule has 1 aromatic rings. The summed E-state index contributed by atoms with van der Waals surface area (Å²) < 4.78 is 10.7. The predicted molar refractivity (Wildman–Crippen MR) is 71.6 cm³/mol. The van der Waals surface area contributed by atoms with Gasteiger partial charge in [0.1, 0.15) is 12.0 Å². The van der Waals surface area contributed by atoms with Gasteiger partial charge in [0.25, 0.3) is 0 Å². The van der Waals surface area contributed by atoms with Crippen molar-refractivity contribution in [1.29, 1.82) is 0 Å². The number of rotatable bonds is 7. The van der Waals surface area contributed by atoms with Crippen LogP contribution in [0.3, 0.4) is 0 Å². The number of allylic oxidation sites excluding steroid dienone is 1. The summed E-state index contributed by atoms with van der Waals surface area (Å²) in [7, 11) is 1.65. The molecule has 0 unspecified atom stereocenters. The number of carbonyl (C=O) groups excluding carboxylic acids is 1. The van der Waals surface area contributed by atoms with Crippen LogP contribution >= 0.6 is 0 Å². The first kappa shape index (κ1) is 14.5. The van der Waals surface area contributed by atoms with Gasteiger partial charge in [-0.25, -0.2) is 0 Å². The predicted octanol–water partition coefficient (Wildman–Crippen LogP) is 2.99. The molecule has 0 saturated carbocycles. The first-order valence-corrected chi connectivity index (χ1v) is 6.00. The molecule has 0 aliphatic carbocycles. The summed E-state index contributed by atoms with van der Waals surface area (Å²) in [6, 6.07) is 7.79. The maximum absolute atomic E-state index is 10.5. The van der Waals surface area contributed by atoms with Crippen molar-refractivity contribution >= 4 is 6.29 Å². The highest BCUT2D eigenvalue weighted by molar-refractivity contribution is 5.72. The zero-order valence-electron chi connectivity index (χ0n) is 11.2. The minimum absolute atomic E-state index is 0.244. The van der Waals surface area contributed by atoms with E-state index in [-0.39, 0.29) is 5.92 Å². The van der Waals surface area contributed by atoms with Crippen molar-refractivity contribution in [2.75, 3.05) is 13.7 Å². The number of hydrogen-bond acceptors (Lipinski definition) is 3. The van der Waals surface area contributed by atoms with Gasteiger partial charge in [0, 0.05) is 0 Å². The van der Waals surface area contributed by atoms with Crippen molar-refractivity contribution < 1.29 is 14.3 Å². The van der Waals surface area contributed by atoms with E-state index in [1.165, 1.54) is 0 Å². The Morgan fingerprint density at radius 1 is 1.33 bits per heavy atom. The Balaban J connectivity index is 2.34. The van der Waals surface area contributed by atoms with E-state index in [4.69, 9.17) is 9.47 Å². The summed E-state index contributed by atoms with van der Waals surface area (Å²) in [5.74, 6) is 1.09. The first-order chi connectivity index (χ1) is 8.65. The fraction of sp³-hybridized carbons (Fsp3) is 0.400. The number of aldehydes is 1. The molecule has 0 aliphatic heterocycles. The molecular weight excluding hydrogens is 228 g/mol. The number of methoxy groups -OCH3 is 1. The number of carbonyl (C=O) groups is 1. The van der Waals surface area contributed by atoms with Crippen molar-refractivity contribution in [2.24, 2.45) is 5.92 Å². The van der Waals surface area contributed by atoms with Gasteiger partial charge in [0.05, 0.1) is 20.3 Å². The monoisotopic (exact) mass is 248 g/mol. The van der Waals surface area contributed by atoms with Gasteiger partial charge in [-0.1, -0.05) is 25.1 Å². The van der Waals surface area contributed by atoms with Crippen molar-refractivity contribution in [3.8, 4) is 5.75 Å². The summed E-state index contributed by atoms with van der Waals surface area (Å²) in [5, 5.41) is 0. The lowest BCUT2D eigenvalue weighted by atomic mass is 10.1. The molecule has 0 amide bonds. The fourth-order valence-corrected chi connectivity index (χ4v) is 1.62. The number of hydrogen-bond donors (Lipinski definition) is 0. The van der Waals surface area contributed by atoms with Gasteiger partial charge in [-0.2, -0.15) is 0 Å². The van der Waals surface area contributed by atoms with Crippen LogP contribution in [-0.2, 0) is 16.1 Å². The zero-order chi connectivity index (χ0) is 13.4. The van der Waals surface area contributed by atoms with Crippen LogP contribution in [0.4, 0.5) is 0 Å². The molecule has 98 valence electrons. The normalized spacial score (nSPS) is 13.2. The summed E-state index contributed by atoms with van der Waals surface area (Å²) >= 11 is 0. The molecule has 0 aromatic heterocycles. The average molecular weight is 248 g/mol. The molecule has 0 N–H and O–H groups in total. The van der Waals surface area contributed by atoms with Gasteiger partial charge in [0.2, 0.25) is 0 Å². The van der Waals surface area contributed by atoms with Crippen molar-refractivity contribution in [2.45, 2.75) is 20.5 Å². The van der Waals surface area contributed by atoms with Gasteiger partial charge in [-0.3, -0.25) is 4.79 Å². The molecule has 0 aliphatic rings. The molecule has 1 rings (SSSR count). The van der Waals surface area contributed by atoms with E-state index in [1.54, 1.807) is 14.0 Å². The fourth-order valence-electron chi connectivity index (χ4n) is 1.62. The molecule has 0 spiro atoms. The molecule has 1 atom stereocenters. The minimum atomic E-state index is 0.244. The zero-order valence-corrected chi connectivity index (χ0v) is 11.2. The lowest BCUT2D eigenvalue weighted by Crippen LogP contribution is -2.04. The summed E-state index contributed by atoms with van der Waals surface area (Å²) in [6.07, 6.45) is 2.78. The van der Waals surface area contributed by atoms with E-state index >= 15 is 0 Å². The molecule has 0 radical (unpaired) electrons. The smallest absolute Gasteiger partial charge is 0.145 e. The third-order valence-electron chi connectivity index (χ3n) is 2.54. The van der Waals surface area contributed by atoms with Crippen LogP contribution in [0.5, 0.6) is 5.75 Å². The largest absolute Gasteiger partial charge is 0.497 e. The first-order valence-electron chi connectivity index (χ1n) is 6.00. The molecule has 3 heteroatoms.